The molecule has 0 aliphatic carbocycles. The van der Waals surface area contributed by atoms with Crippen molar-refractivity contribution in [3.05, 3.63) is 58.1 Å². The number of amides is 1. The third kappa shape index (κ3) is 5.70. The quantitative estimate of drug-likeness (QED) is 0.559. The second kappa shape index (κ2) is 9.08. The molecule has 24 heavy (non-hydrogen) atoms. The maximum Gasteiger partial charge on any atom is 0.277 e. The minimum Gasteiger partial charge on any atom is -0.508 e. The lowest BCUT2D eigenvalue weighted by Gasteiger charge is -2.08. The lowest BCUT2D eigenvalue weighted by atomic mass is 10.1. The van der Waals surface area contributed by atoms with Gasteiger partial charge in [-0.1, -0.05) is 19.4 Å². The molecule has 0 heterocycles. The van der Waals surface area contributed by atoms with Crippen molar-refractivity contribution in [2.45, 2.75) is 19.8 Å². The standard InChI is InChI=1S/C18H19BrN2O3/c1-2-3-13-6-9-17(16(19)10-13)24-12-18(23)21-20-11-14-4-7-15(22)8-5-14/h4-11,22H,2-3,12H2,1H3,(H,21,23)/b20-11+. The summed E-state index contributed by atoms with van der Waals surface area (Å²) < 4.78 is 6.31. The van der Waals surface area contributed by atoms with E-state index in [1.807, 2.05) is 18.2 Å². The highest BCUT2D eigenvalue weighted by atomic mass is 79.9. The van der Waals surface area contributed by atoms with Crippen molar-refractivity contribution in [2.75, 3.05) is 6.61 Å². The summed E-state index contributed by atoms with van der Waals surface area (Å²) in [4.78, 5) is 11.7. The molecular formula is C18H19BrN2O3. The van der Waals surface area contributed by atoms with E-state index in [0.29, 0.717) is 5.75 Å². The smallest absolute Gasteiger partial charge is 0.277 e. The Morgan fingerprint density at radius 3 is 2.71 bits per heavy atom. The van der Waals surface area contributed by atoms with Gasteiger partial charge in [0, 0.05) is 0 Å². The van der Waals surface area contributed by atoms with E-state index < -0.39 is 0 Å². The molecular weight excluding hydrogens is 372 g/mol. The Labute approximate surface area is 149 Å². The summed E-state index contributed by atoms with van der Waals surface area (Å²) in [5, 5.41) is 13.0. The number of phenolic OH excluding ortho intramolecular Hbond substituents is 1. The van der Waals surface area contributed by atoms with Gasteiger partial charge < -0.3 is 9.84 Å². The number of phenols is 1. The number of hydrazone groups is 1. The van der Waals surface area contributed by atoms with Gasteiger partial charge in [-0.3, -0.25) is 4.79 Å². The molecule has 0 aromatic heterocycles. The van der Waals surface area contributed by atoms with Crippen LogP contribution in [-0.2, 0) is 11.2 Å². The predicted molar refractivity (Wildman–Crippen MR) is 97.5 cm³/mol. The number of nitrogens with zero attached hydrogens (tertiary/aromatic N) is 1. The van der Waals surface area contributed by atoms with Crippen molar-refractivity contribution in [3.63, 3.8) is 0 Å². The van der Waals surface area contributed by atoms with Crippen LogP contribution in [-0.4, -0.2) is 23.8 Å². The van der Waals surface area contributed by atoms with Crippen molar-refractivity contribution in [1.29, 1.82) is 0 Å². The summed E-state index contributed by atoms with van der Waals surface area (Å²) >= 11 is 3.45. The first-order valence-electron chi connectivity index (χ1n) is 7.60. The van der Waals surface area contributed by atoms with Crippen LogP contribution in [0.25, 0.3) is 0 Å². The fraction of sp³-hybridized carbons (Fsp3) is 0.222. The van der Waals surface area contributed by atoms with Crippen molar-refractivity contribution < 1.29 is 14.6 Å². The van der Waals surface area contributed by atoms with E-state index in [1.54, 1.807) is 24.3 Å². The lowest BCUT2D eigenvalue weighted by molar-refractivity contribution is -0.123. The van der Waals surface area contributed by atoms with E-state index in [0.717, 1.165) is 22.9 Å². The number of halogens is 1. The van der Waals surface area contributed by atoms with E-state index in [9.17, 15) is 9.90 Å². The van der Waals surface area contributed by atoms with Crippen LogP contribution in [0.5, 0.6) is 11.5 Å². The summed E-state index contributed by atoms with van der Waals surface area (Å²) in [6.07, 6.45) is 3.58. The Kier molecular flexibility index (Phi) is 6.81. The molecule has 2 rings (SSSR count). The zero-order valence-corrected chi connectivity index (χ0v) is 14.9. The Bertz CT molecular complexity index is 715. The molecule has 0 aliphatic rings. The fourth-order valence-electron chi connectivity index (χ4n) is 2.02. The van der Waals surface area contributed by atoms with E-state index >= 15 is 0 Å². The van der Waals surface area contributed by atoms with Crippen LogP contribution in [0.3, 0.4) is 0 Å². The lowest BCUT2D eigenvalue weighted by Crippen LogP contribution is -2.24. The summed E-state index contributed by atoms with van der Waals surface area (Å²) in [5.74, 6) is 0.446. The Morgan fingerprint density at radius 1 is 1.29 bits per heavy atom. The maximum atomic E-state index is 11.7. The van der Waals surface area contributed by atoms with Crippen LogP contribution in [0.4, 0.5) is 0 Å². The largest absolute Gasteiger partial charge is 0.508 e. The minimum absolute atomic E-state index is 0.126. The average molecular weight is 391 g/mol. The molecule has 0 fully saturated rings. The number of benzene rings is 2. The molecule has 5 nitrogen and oxygen atoms in total. The van der Waals surface area contributed by atoms with Crippen LogP contribution in [0.15, 0.2) is 52.0 Å². The number of carbonyl (C=O) groups excluding carboxylic acids is 1. The molecule has 2 aromatic carbocycles. The highest BCUT2D eigenvalue weighted by Gasteiger charge is 2.06. The summed E-state index contributed by atoms with van der Waals surface area (Å²) in [5.41, 5.74) is 4.38. The molecule has 2 N–H and O–H groups in total. The highest BCUT2D eigenvalue weighted by molar-refractivity contribution is 9.10. The van der Waals surface area contributed by atoms with Gasteiger partial charge in [-0.15, -0.1) is 0 Å². The summed E-state index contributed by atoms with van der Waals surface area (Å²) in [6, 6.07) is 12.3. The molecule has 2 aromatic rings. The van der Waals surface area contributed by atoms with E-state index in [4.69, 9.17) is 4.74 Å². The van der Waals surface area contributed by atoms with Crippen molar-refractivity contribution in [1.82, 2.24) is 5.43 Å². The normalized spacial score (nSPS) is 10.8. The third-order valence-electron chi connectivity index (χ3n) is 3.19. The van der Waals surface area contributed by atoms with Crippen LogP contribution < -0.4 is 10.2 Å². The molecule has 1 amide bonds. The van der Waals surface area contributed by atoms with Crippen molar-refractivity contribution in [3.8, 4) is 11.5 Å². The number of aromatic hydroxyl groups is 1. The van der Waals surface area contributed by atoms with Gasteiger partial charge in [0.1, 0.15) is 11.5 Å². The van der Waals surface area contributed by atoms with Gasteiger partial charge in [-0.2, -0.15) is 5.10 Å². The van der Waals surface area contributed by atoms with Gasteiger partial charge in [-0.25, -0.2) is 5.43 Å². The zero-order chi connectivity index (χ0) is 17.4. The molecule has 0 unspecified atom stereocenters. The minimum atomic E-state index is -0.352. The highest BCUT2D eigenvalue weighted by Crippen LogP contribution is 2.26. The van der Waals surface area contributed by atoms with Crippen LogP contribution in [0.2, 0.25) is 0 Å². The number of hydrogen-bond acceptors (Lipinski definition) is 4. The molecule has 0 radical (unpaired) electrons. The third-order valence-corrected chi connectivity index (χ3v) is 3.81. The topological polar surface area (TPSA) is 70.9 Å². The number of nitrogens with one attached hydrogen (secondary N) is 1. The van der Waals surface area contributed by atoms with Crippen LogP contribution >= 0.6 is 15.9 Å². The fourth-order valence-corrected chi connectivity index (χ4v) is 2.56. The zero-order valence-electron chi connectivity index (χ0n) is 13.3. The van der Waals surface area contributed by atoms with Gasteiger partial charge in [0.15, 0.2) is 6.61 Å². The van der Waals surface area contributed by atoms with E-state index in [2.05, 4.69) is 33.4 Å². The van der Waals surface area contributed by atoms with Gasteiger partial charge in [0.05, 0.1) is 10.7 Å². The second-order valence-electron chi connectivity index (χ2n) is 5.19. The molecule has 126 valence electrons. The molecule has 0 saturated carbocycles. The number of carbonyl (C=O) groups is 1. The van der Waals surface area contributed by atoms with Crippen LogP contribution in [0.1, 0.15) is 24.5 Å². The Balaban J connectivity index is 1.81. The predicted octanol–water partition coefficient (Wildman–Crippen LogP) is 3.64. The number of hydrogen-bond donors (Lipinski definition) is 2. The monoisotopic (exact) mass is 390 g/mol. The van der Waals surface area contributed by atoms with Crippen molar-refractivity contribution in [2.24, 2.45) is 5.10 Å². The second-order valence-corrected chi connectivity index (χ2v) is 6.04. The van der Waals surface area contributed by atoms with Crippen molar-refractivity contribution >= 4 is 28.1 Å². The molecule has 0 atom stereocenters. The number of ether oxygens (including phenoxy) is 1. The summed E-state index contributed by atoms with van der Waals surface area (Å²) in [6.45, 7) is 2.00. The van der Waals surface area contributed by atoms with Gasteiger partial charge in [-0.05, 0) is 69.9 Å². The Hall–Kier alpha value is -2.34. The van der Waals surface area contributed by atoms with Gasteiger partial charge in [0.2, 0.25) is 0 Å². The molecule has 0 bridgehead atoms. The number of aryl methyl sites for hydroxylation is 1. The van der Waals surface area contributed by atoms with E-state index in [-0.39, 0.29) is 18.3 Å². The molecule has 0 saturated heterocycles. The van der Waals surface area contributed by atoms with Gasteiger partial charge in [0.25, 0.3) is 5.91 Å². The van der Waals surface area contributed by atoms with E-state index in [1.165, 1.54) is 11.8 Å². The SMILES string of the molecule is CCCc1ccc(OCC(=O)N/N=C/c2ccc(O)cc2)c(Br)c1. The maximum absolute atomic E-state index is 11.7. The van der Waals surface area contributed by atoms with Gasteiger partial charge >= 0.3 is 0 Å². The first kappa shape index (κ1) is 18.0. The first-order chi connectivity index (χ1) is 11.6. The molecule has 0 spiro atoms. The molecule has 6 heteroatoms. The molecule has 0 aliphatic heterocycles. The summed E-state index contributed by atoms with van der Waals surface area (Å²) in [7, 11) is 0. The van der Waals surface area contributed by atoms with Crippen LogP contribution in [0, 0.1) is 0 Å². The Morgan fingerprint density at radius 2 is 2.04 bits per heavy atom. The number of rotatable bonds is 7. The average Bonchev–Trinajstić information content (AvgIpc) is 2.56. The first-order valence-corrected chi connectivity index (χ1v) is 8.40.